The molecule has 0 aromatic heterocycles. The van der Waals surface area contributed by atoms with E-state index in [4.69, 9.17) is 0 Å². The predicted octanol–water partition coefficient (Wildman–Crippen LogP) is 3.59. The van der Waals surface area contributed by atoms with Crippen LogP contribution < -0.4 is 0 Å². The number of aliphatic imine (C=N–C) groups is 1. The van der Waals surface area contributed by atoms with Crippen LogP contribution in [0.25, 0.3) is 5.57 Å². The first kappa shape index (κ1) is 10.6. The second kappa shape index (κ2) is 4.70. The second-order valence-corrected chi connectivity index (χ2v) is 3.18. The fraction of sp³-hybridized carbons (Fsp3) is 0.250. The van der Waals surface area contributed by atoms with Gasteiger partial charge in [-0.2, -0.15) is 0 Å². The predicted molar refractivity (Wildman–Crippen MR) is 59.0 cm³/mol. The van der Waals surface area contributed by atoms with E-state index >= 15 is 0 Å². The third-order valence-corrected chi connectivity index (χ3v) is 2.03. The molecule has 0 unspecified atom stereocenters. The molecule has 0 spiro atoms. The molecule has 1 aromatic carbocycles. The molecule has 1 nitrogen and oxygen atoms in total. The minimum absolute atomic E-state index is 0.196. The Balaban J connectivity index is 3.07. The zero-order valence-corrected chi connectivity index (χ0v) is 8.71. The van der Waals surface area contributed by atoms with Crippen molar-refractivity contribution in [3.8, 4) is 0 Å². The van der Waals surface area contributed by atoms with Gasteiger partial charge in [0.2, 0.25) is 0 Å². The lowest BCUT2D eigenvalue weighted by atomic mass is 10.0. The van der Waals surface area contributed by atoms with Crippen molar-refractivity contribution in [2.45, 2.75) is 20.8 Å². The number of allylic oxidation sites excluding steroid dienone is 1. The molecule has 1 rings (SSSR count). The first-order valence-electron chi connectivity index (χ1n) is 4.56. The topological polar surface area (TPSA) is 12.4 Å². The van der Waals surface area contributed by atoms with Gasteiger partial charge >= 0.3 is 0 Å². The molecule has 0 atom stereocenters. The highest BCUT2D eigenvalue weighted by Crippen LogP contribution is 2.19. The molecule has 0 amide bonds. The van der Waals surface area contributed by atoms with Gasteiger partial charge in [0, 0.05) is 12.4 Å². The number of hydrogen-bond acceptors (Lipinski definition) is 1. The van der Waals surface area contributed by atoms with Gasteiger partial charge in [0.25, 0.3) is 0 Å². The van der Waals surface area contributed by atoms with Gasteiger partial charge in [0.1, 0.15) is 5.82 Å². The number of rotatable bonds is 2. The van der Waals surface area contributed by atoms with Crippen LogP contribution in [0, 0.1) is 12.7 Å². The highest BCUT2D eigenvalue weighted by molar-refractivity contribution is 5.68. The summed E-state index contributed by atoms with van der Waals surface area (Å²) in [6, 6.07) is 4.78. The van der Waals surface area contributed by atoms with Crippen LogP contribution in [0.4, 0.5) is 4.39 Å². The summed E-state index contributed by atoms with van der Waals surface area (Å²) in [7, 11) is 0. The smallest absolute Gasteiger partial charge is 0.123 e. The quantitative estimate of drug-likeness (QED) is 0.633. The van der Waals surface area contributed by atoms with Crippen LogP contribution >= 0.6 is 0 Å². The van der Waals surface area contributed by atoms with Gasteiger partial charge in [-0.25, -0.2) is 4.39 Å². The second-order valence-electron chi connectivity index (χ2n) is 3.18. The molecular weight excluding hydrogens is 177 g/mol. The average Bonchev–Trinajstić information content (AvgIpc) is 2.14. The van der Waals surface area contributed by atoms with E-state index in [1.165, 1.54) is 12.1 Å². The highest BCUT2D eigenvalue weighted by Gasteiger charge is 2.00. The molecule has 0 heterocycles. The molecule has 0 aliphatic carbocycles. The van der Waals surface area contributed by atoms with Crippen molar-refractivity contribution >= 4 is 11.8 Å². The highest BCUT2D eigenvalue weighted by atomic mass is 19.1. The Morgan fingerprint density at radius 1 is 1.43 bits per heavy atom. The van der Waals surface area contributed by atoms with Crippen molar-refractivity contribution in [1.82, 2.24) is 0 Å². The molecule has 0 bridgehead atoms. The Bertz CT molecular complexity index is 378. The van der Waals surface area contributed by atoms with Crippen molar-refractivity contribution in [3.05, 3.63) is 41.3 Å². The first-order valence-corrected chi connectivity index (χ1v) is 4.56. The van der Waals surface area contributed by atoms with Crippen LogP contribution in [-0.4, -0.2) is 6.21 Å². The molecule has 14 heavy (non-hydrogen) atoms. The Morgan fingerprint density at radius 3 is 2.71 bits per heavy atom. The summed E-state index contributed by atoms with van der Waals surface area (Å²) in [6.45, 7) is 5.72. The van der Waals surface area contributed by atoms with Gasteiger partial charge in [-0.05, 0) is 49.6 Å². The summed E-state index contributed by atoms with van der Waals surface area (Å²) in [6.07, 6.45) is 3.50. The minimum atomic E-state index is -0.196. The summed E-state index contributed by atoms with van der Waals surface area (Å²) in [4.78, 5) is 4.03. The van der Waals surface area contributed by atoms with Crippen molar-refractivity contribution in [2.75, 3.05) is 0 Å². The fourth-order valence-electron chi connectivity index (χ4n) is 1.33. The van der Waals surface area contributed by atoms with Gasteiger partial charge in [0.05, 0.1) is 0 Å². The minimum Gasteiger partial charge on any atom is -0.269 e. The lowest BCUT2D eigenvalue weighted by Crippen LogP contribution is -1.86. The van der Waals surface area contributed by atoms with Crippen LogP contribution in [0.15, 0.2) is 29.4 Å². The van der Waals surface area contributed by atoms with E-state index < -0.39 is 0 Å². The fourth-order valence-corrected chi connectivity index (χ4v) is 1.33. The van der Waals surface area contributed by atoms with Crippen LogP contribution in [0.2, 0.25) is 0 Å². The largest absolute Gasteiger partial charge is 0.269 e. The van der Waals surface area contributed by atoms with Crippen molar-refractivity contribution in [3.63, 3.8) is 0 Å². The maximum Gasteiger partial charge on any atom is 0.123 e. The molecule has 0 fully saturated rings. The summed E-state index contributed by atoms with van der Waals surface area (Å²) in [5.41, 5.74) is 3.02. The maximum absolute atomic E-state index is 12.8. The maximum atomic E-state index is 12.8. The van der Waals surface area contributed by atoms with E-state index in [-0.39, 0.29) is 5.82 Å². The zero-order valence-electron chi connectivity index (χ0n) is 8.71. The van der Waals surface area contributed by atoms with Crippen LogP contribution in [0.5, 0.6) is 0 Å². The van der Waals surface area contributed by atoms with E-state index in [2.05, 4.69) is 4.99 Å². The first-order chi connectivity index (χ1) is 6.65. The lowest BCUT2D eigenvalue weighted by Gasteiger charge is -2.04. The molecule has 0 aliphatic rings. The molecule has 0 aliphatic heterocycles. The van der Waals surface area contributed by atoms with E-state index in [1.807, 2.05) is 20.8 Å². The van der Waals surface area contributed by atoms with Gasteiger partial charge < -0.3 is 0 Å². The average molecular weight is 191 g/mol. The van der Waals surface area contributed by atoms with Gasteiger partial charge in [0.15, 0.2) is 0 Å². The standard InChI is InChI=1S/C12H14FN/c1-4-14-8-10(3)12-6-5-11(13)7-9(12)2/h4-8H,1-3H3/b10-8+,14-4?. The lowest BCUT2D eigenvalue weighted by molar-refractivity contribution is 0.626. The normalized spacial score (nSPS) is 12.4. The molecule has 0 saturated carbocycles. The number of benzene rings is 1. The van der Waals surface area contributed by atoms with Crippen LogP contribution in [0.3, 0.4) is 0 Å². The van der Waals surface area contributed by atoms with Crippen molar-refractivity contribution < 1.29 is 4.39 Å². The molecule has 74 valence electrons. The van der Waals surface area contributed by atoms with Gasteiger partial charge in [-0.15, -0.1) is 0 Å². The third kappa shape index (κ3) is 2.52. The molecule has 2 heteroatoms. The molecule has 0 N–H and O–H groups in total. The Labute approximate surface area is 84.0 Å². The van der Waals surface area contributed by atoms with Crippen molar-refractivity contribution in [1.29, 1.82) is 0 Å². The number of hydrogen-bond donors (Lipinski definition) is 0. The van der Waals surface area contributed by atoms with Crippen LogP contribution in [-0.2, 0) is 0 Å². The number of halogens is 1. The Morgan fingerprint density at radius 2 is 2.14 bits per heavy atom. The molecule has 1 aromatic rings. The summed E-state index contributed by atoms with van der Waals surface area (Å²) < 4.78 is 12.8. The van der Waals surface area contributed by atoms with E-state index in [9.17, 15) is 4.39 Å². The molecule has 0 saturated heterocycles. The third-order valence-electron chi connectivity index (χ3n) is 2.03. The zero-order chi connectivity index (χ0) is 10.6. The van der Waals surface area contributed by atoms with Gasteiger partial charge in [-0.3, -0.25) is 4.99 Å². The summed E-state index contributed by atoms with van der Waals surface area (Å²) in [5.74, 6) is -0.196. The van der Waals surface area contributed by atoms with E-state index in [0.717, 1.165) is 16.7 Å². The van der Waals surface area contributed by atoms with Gasteiger partial charge in [-0.1, -0.05) is 6.07 Å². The summed E-state index contributed by atoms with van der Waals surface area (Å²) in [5, 5.41) is 0. The Kier molecular flexibility index (Phi) is 3.57. The molecule has 0 radical (unpaired) electrons. The number of nitrogens with zero attached hydrogens (tertiary/aromatic N) is 1. The van der Waals surface area contributed by atoms with Crippen molar-refractivity contribution in [2.24, 2.45) is 4.99 Å². The Hall–Kier alpha value is -1.44. The monoisotopic (exact) mass is 191 g/mol. The number of aryl methyl sites for hydroxylation is 1. The van der Waals surface area contributed by atoms with E-state index in [0.29, 0.717) is 0 Å². The van der Waals surface area contributed by atoms with E-state index in [1.54, 1.807) is 18.5 Å². The SMILES string of the molecule is CC=N/C=C(\C)c1ccc(F)cc1C. The van der Waals surface area contributed by atoms with Crippen LogP contribution in [0.1, 0.15) is 25.0 Å². The molecular formula is C12H14FN. The summed E-state index contributed by atoms with van der Waals surface area (Å²) >= 11 is 0.